The van der Waals surface area contributed by atoms with Crippen molar-refractivity contribution in [2.75, 3.05) is 12.4 Å². The molecule has 6 nitrogen and oxygen atoms in total. The molecule has 28 heavy (non-hydrogen) atoms. The molecule has 0 spiro atoms. The van der Waals surface area contributed by atoms with Gasteiger partial charge >= 0.3 is 12.0 Å². The topological polar surface area (TPSA) is 72.4 Å². The normalized spacial score (nSPS) is 10.4. The van der Waals surface area contributed by atoms with Gasteiger partial charge in [-0.2, -0.15) is 0 Å². The number of ether oxygens (including phenoxy) is 1. The average Bonchev–Trinajstić information content (AvgIpc) is 3.13. The van der Waals surface area contributed by atoms with E-state index in [0.29, 0.717) is 17.8 Å². The number of nitrogens with zero attached hydrogens (tertiary/aromatic N) is 1. The largest absolute Gasteiger partial charge is 0.465 e. The Labute approximate surface area is 164 Å². The van der Waals surface area contributed by atoms with E-state index in [0.717, 1.165) is 12.2 Å². The van der Waals surface area contributed by atoms with E-state index in [9.17, 15) is 9.59 Å². The third-order valence-corrected chi connectivity index (χ3v) is 4.37. The van der Waals surface area contributed by atoms with Crippen LogP contribution in [0, 0.1) is 6.92 Å². The number of rotatable bonds is 6. The minimum Gasteiger partial charge on any atom is -0.465 e. The maximum Gasteiger partial charge on any atom is 0.339 e. The number of hydrogen-bond donors (Lipinski definition) is 2. The molecule has 2 aromatic carbocycles. The Balaban J connectivity index is 1.62. The van der Waals surface area contributed by atoms with Crippen molar-refractivity contribution < 1.29 is 14.3 Å². The number of anilines is 1. The first-order chi connectivity index (χ1) is 13.6. The number of aromatic nitrogens is 1. The predicted octanol–water partition coefficient (Wildman–Crippen LogP) is 3.95. The van der Waals surface area contributed by atoms with Crippen LogP contribution in [0.25, 0.3) is 0 Å². The highest BCUT2D eigenvalue weighted by Crippen LogP contribution is 2.16. The van der Waals surface area contributed by atoms with Crippen LogP contribution in [0.15, 0.2) is 66.9 Å². The van der Waals surface area contributed by atoms with Gasteiger partial charge in [0.1, 0.15) is 0 Å². The zero-order valence-electron chi connectivity index (χ0n) is 15.9. The van der Waals surface area contributed by atoms with Crippen molar-refractivity contribution in [3.05, 3.63) is 89.2 Å². The SMILES string of the molecule is COC(=O)c1ccccc1NC(=O)NCc1cccn1Cc1cccc(C)c1. The molecule has 0 aliphatic carbocycles. The summed E-state index contributed by atoms with van der Waals surface area (Å²) < 4.78 is 6.84. The highest BCUT2D eigenvalue weighted by atomic mass is 16.5. The number of methoxy groups -OCH3 is 1. The van der Waals surface area contributed by atoms with E-state index in [1.165, 1.54) is 18.2 Å². The number of carbonyl (C=O) groups is 2. The monoisotopic (exact) mass is 377 g/mol. The summed E-state index contributed by atoms with van der Waals surface area (Å²) in [6.07, 6.45) is 1.99. The van der Waals surface area contributed by atoms with E-state index >= 15 is 0 Å². The second-order valence-electron chi connectivity index (χ2n) is 6.46. The van der Waals surface area contributed by atoms with Crippen molar-refractivity contribution in [2.45, 2.75) is 20.0 Å². The Morgan fingerprint density at radius 3 is 2.64 bits per heavy atom. The molecule has 0 fully saturated rings. The molecule has 0 aliphatic heterocycles. The number of nitrogens with one attached hydrogen (secondary N) is 2. The van der Waals surface area contributed by atoms with E-state index in [2.05, 4.69) is 40.3 Å². The summed E-state index contributed by atoms with van der Waals surface area (Å²) in [7, 11) is 1.31. The quantitative estimate of drug-likeness (QED) is 0.639. The van der Waals surface area contributed by atoms with Gasteiger partial charge in [0.2, 0.25) is 0 Å². The minimum absolute atomic E-state index is 0.308. The number of amides is 2. The van der Waals surface area contributed by atoms with Crippen LogP contribution in [-0.2, 0) is 17.8 Å². The van der Waals surface area contributed by atoms with Crippen molar-refractivity contribution in [3.8, 4) is 0 Å². The first-order valence-electron chi connectivity index (χ1n) is 8.98. The molecule has 2 N–H and O–H groups in total. The lowest BCUT2D eigenvalue weighted by atomic mass is 10.1. The molecule has 1 heterocycles. The van der Waals surface area contributed by atoms with Crippen molar-refractivity contribution in [3.63, 3.8) is 0 Å². The van der Waals surface area contributed by atoms with Gasteiger partial charge in [0.05, 0.1) is 24.9 Å². The lowest BCUT2D eigenvalue weighted by Gasteiger charge is -2.13. The number of esters is 1. The van der Waals surface area contributed by atoms with Crippen LogP contribution in [0.3, 0.4) is 0 Å². The number of hydrogen-bond acceptors (Lipinski definition) is 3. The summed E-state index contributed by atoms with van der Waals surface area (Å²) in [5.74, 6) is -0.497. The molecule has 3 rings (SSSR count). The predicted molar refractivity (Wildman–Crippen MR) is 108 cm³/mol. The van der Waals surface area contributed by atoms with Gasteiger partial charge in [-0.1, -0.05) is 42.0 Å². The maximum absolute atomic E-state index is 12.3. The van der Waals surface area contributed by atoms with Gasteiger partial charge in [0.15, 0.2) is 0 Å². The van der Waals surface area contributed by atoms with E-state index in [1.54, 1.807) is 24.3 Å². The first kappa shape index (κ1) is 19.2. The molecule has 144 valence electrons. The van der Waals surface area contributed by atoms with Crippen LogP contribution in [0.1, 0.15) is 27.2 Å². The number of carbonyl (C=O) groups excluding carboxylic acids is 2. The molecule has 0 saturated carbocycles. The van der Waals surface area contributed by atoms with E-state index < -0.39 is 5.97 Å². The molecule has 0 radical (unpaired) electrons. The van der Waals surface area contributed by atoms with Crippen LogP contribution >= 0.6 is 0 Å². The van der Waals surface area contributed by atoms with Gasteiger partial charge in [0.25, 0.3) is 0 Å². The highest BCUT2D eigenvalue weighted by Gasteiger charge is 2.13. The van der Waals surface area contributed by atoms with Crippen molar-refractivity contribution in [2.24, 2.45) is 0 Å². The van der Waals surface area contributed by atoms with Crippen molar-refractivity contribution in [1.82, 2.24) is 9.88 Å². The Hall–Kier alpha value is -3.54. The van der Waals surface area contributed by atoms with Gasteiger partial charge in [-0.15, -0.1) is 0 Å². The summed E-state index contributed by atoms with van der Waals surface area (Å²) in [5, 5.41) is 5.54. The van der Waals surface area contributed by atoms with Crippen LogP contribution < -0.4 is 10.6 Å². The molecule has 0 bridgehead atoms. The van der Waals surface area contributed by atoms with Crippen LogP contribution in [0.2, 0.25) is 0 Å². The molecule has 2 amide bonds. The maximum atomic E-state index is 12.3. The zero-order valence-corrected chi connectivity index (χ0v) is 15.9. The van der Waals surface area contributed by atoms with Crippen LogP contribution in [-0.4, -0.2) is 23.7 Å². The van der Waals surface area contributed by atoms with Crippen molar-refractivity contribution in [1.29, 1.82) is 0 Å². The van der Waals surface area contributed by atoms with Gasteiger partial charge in [-0.25, -0.2) is 9.59 Å². The third-order valence-electron chi connectivity index (χ3n) is 4.37. The Morgan fingerprint density at radius 2 is 1.86 bits per heavy atom. The molecule has 0 atom stereocenters. The molecule has 0 unspecified atom stereocenters. The molecular weight excluding hydrogens is 354 g/mol. The Bertz CT molecular complexity index is 978. The fraction of sp³-hybridized carbons (Fsp3) is 0.182. The average molecular weight is 377 g/mol. The van der Waals surface area contributed by atoms with Crippen LogP contribution in [0.4, 0.5) is 10.5 Å². The van der Waals surface area contributed by atoms with E-state index in [-0.39, 0.29) is 6.03 Å². The number of benzene rings is 2. The van der Waals surface area contributed by atoms with Crippen LogP contribution in [0.5, 0.6) is 0 Å². The summed E-state index contributed by atoms with van der Waals surface area (Å²) >= 11 is 0. The summed E-state index contributed by atoms with van der Waals surface area (Å²) in [6.45, 7) is 3.17. The van der Waals surface area contributed by atoms with Crippen molar-refractivity contribution >= 4 is 17.7 Å². The Kier molecular flexibility index (Phi) is 6.11. The fourth-order valence-electron chi connectivity index (χ4n) is 2.99. The highest BCUT2D eigenvalue weighted by molar-refractivity contribution is 6.00. The summed E-state index contributed by atoms with van der Waals surface area (Å²) in [6, 6.07) is 18.6. The lowest BCUT2D eigenvalue weighted by Crippen LogP contribution is -2.29. The molecule has 3 aromatic rings. The second-order valence-corrected chi connectivity index (χ2v) is 6.46. The van der Waals surface area contributed by atoms with Gasteiger partial charge in [-0.3, -0.25) is 0 Å². The molecule has 1 aromatic heterocycles. The van der Waals surface area contributed by atoms with E-state index in [4.69, 9.17) is 4.74 Å². The number of para-hydroxylation sites is 1. The molecule has 0 saturated heterocycles. The lowest BCUT2D eigenvalue weighted by molar-refractivity contribution is 0.0602. The smallest absolute Gasteiger partial charge is 0.339 e. The standard InChI is InChI=1S/C22H23N3O3/c1-16-7-5-8-17(13-16)15-25-12-6-9-18(25)14-23-22(27)24-20-11-4-3-10-19(20)21(26)28-2/h3-13H,14-15H2,1-2H3,(H2,23,24,27). The molecule has 6 heteroatoms. The Morgan fingerprint density at radius 1 is 1.04 bits per heavy atom. The second kappa shape index (κ2) is 8.90. The summed E-state index contributed by atoms with van der Waals surface area (Å²) in [5.41, 5.74) is 4.12. The molecular formula is C22H23N3O3. The zero-order chi connectivity index (χ0) is 19.9. The molecule has 0 aliphatic rings. The minimum atomic E-state index is -0.497. The van der Waals surface area contributed by atoms with Gasteiger partial charge in [0, 0.05) is 18.4 Å². The van der Waals surface area contributed by atoms with Gasteiger partial charge in [-0.05, 0) is 36.8 Å². The number of urea groups is 1. The van der Waals surface area contributed by atoms with E-state index in [1.807, 2.05) is 24.4 Å². The third kappa shape index (κ3) is 4.79. The first-order valence-corrected chi connectivity index (χ1v) is 8.98. The summed E-state index contributed by atoms with van der Waals surface area (Å²) in [4.78, 5) is 24.1. The number of aryl methyl sites for hydroxylation is 1. The fourth-order valence-corrected chi connectivity index (χ4v) is 2.99. The van der Waals surface area contributed by atoms with Gasteiger partial charge < -0.3 is 19.9 Å².